The molecule has 4 aromatic rings. The zero-order chi connectivity index (χ0) is 25.8. The molecule has 0 spiro atoms. The van der Waals surface area contributed by atoms with Crippen LogP contribution in [0.3, 0.4) is 0 Å². The molecule has 0 bridgehead atoms. The minimum atomic E-state index is -0.387. The second-order valence-electron chi connectivity index (χ2n) is 8.61. The predicted octanol–water partition coefficient (Wildman–Crippen LogP) is 7.34. The van der Waals surface area contributed by atoms with E-state index in [4.69, 9.17) is 4.74 Å². The van der Waals surface area contributed by atoms with E-state index in [9.17, 15) is 9.59 Å². The third kappa shape index (κ3) is 5.29. The minimum Gasteiger partial charge on any atom is -0.457 e. The van der Waals surface area contributed by atoms with E-state index in [0.29, 0.717) is 22.1 Å². The van der Waals surface area contributed by atoms with Crippen LogP contribution in [0.15, 0.2) is 119 Å². The second-order valence-corrected chi connectivity index (χ2v) is 9.69. The largest absolute Gasteiger partial charge is 0.457 e. The number of hydrogen-bond acceptors (Lipinski definition) is 5. The molecule has 6 heteroatoms. The van der Waals surface area contributed by atoms with Gasteiger partial charge in [-0.25, -0.2) is 4.90 Å². The van der Waals surface area contributed by atoms with Crippen molar-refractivity contribution >= 4 is 35.0 Å². The smallest absolute Gasteiger partial charge is 0.283 e. The summed E-state index contributed by atoms with van der Waals surface area (Å²) < 4.78 is 5.87. The van der Waals surface area contributed by atoms with Crippen molar-refractivity contribution in [1.29, 1.82) is 0 Å². The number of benzene rings is 4. The van der Waals surface area contributed by atoms with Crippen molar-refractivity contribution in [3.63, 3.8) is 0 Å². The molecule has 0 saturated heterocycles. The van der Waals surface area contributed by atoms with Crippen molar-refractivity contribution in [2.45, 2.75) is 25.2 Å². The number of ether oxygens (including phenoxy) is 1. The summed E-state index contributed by atoms with van der Waals surface area (Å²) in [6, 6.07) is 32.1. The Labute approximate surface area is 220 Å². The average molecular weight is 507 g/mol. The van der Waals surface area contributed by atoms with Gasteiger partial charge in [0.2, 0.25) is 0 Å². The highest BCUT2D eigenvalue weighted by atomic mass is 32.2. The van der Waals surface area contributed by atoms with E-state index < -0.39 is 0 Å². The fraction of sp³-hybridized carbons (Fsp3) is 0.0968. The molecule has 37 heavy (non-hydrogen) atoms. The van der Waals surface area contributed by atoms with Crippen LogP contribution >= 0.6 is 11.8 Å². The molecule has 0 aromatic heterocycles. The molecule has 1 heterocycles. The van der Waals surface area contributed by atoms with Crippen LogP contribution in [0.4, 0.5) is 11.4 Å². The third-order valence-electron chi connectivity index (χ3n) is 6.01. The summed E-state index contributed by atoms with van der Waals surface area (Å²) in [7, 11) is 0. The molecule has 1 aliphatic heterocycles. The van der Waals surface area contributed by atoms with Crippen LogP contribution in [0.2, 0.25) is 0 Å². The van der Waals surface area contributed by atoms with E-state index in [2.05, 4.69) is 12.2 Å². The van der Waals surface area contributed by atoms with Crippen LogP contribution in [0.25, 0.3) is 0 Å². The number of imide groups is 1. The molecule has 5 nitrogen and oxygen atoms in total. The van der Waals surface area contributed by atoms with Crippen molar-refractivity contribution in [1.82, 2.24) is 0 Å². The Morgan fingerprint density at radius 1 is 0.757 bits per heavy atom. The molecule has 0 radical (unpaired) electrons. The zero-order valence-electron chi connectivity index (χ0n) is 20.6. The Morgan fingerprint density at radius 2 is 1.41 bits per heavy atom. The molecule has 0 aliphatic carbocycles. The maximum atomic E-state index is 13.7. The van der Waals surface area contributed by atoms with Crippen molar-refractivity contribution in [3.05, 3.63) is 125 Å². The van der Waals surface area contributed by atoms with Gasteiger partial charge in [0.25, 0.3) is 11.8 Å². The number of aryl methyl sites for hydroxylation is 2. The fourth-order valence-electron chi connectivity index (χ4n) is 4.05. The van der Waals surface area contributed by atoms with E-state index >= 15 is 0 Å². The summed E-state index contributed by atoms with van der Waals surface area (Å²) in [5.74, 6) is 0.584. The Morgan fingerprint density at radius 3 is 2.11 bits per heavy atom. The third-order valence-corrected chi connectivity index (χ3v) is 7.10. The number of nitrogens with zero attached hydrogens (tertiary/aromatic N) is 1. The normalized spacial score (nSPS) is 13.3. The number of para-hydroxylation sites is 2. The van der Waals surface area contributed by atoms with E-state index in [1.54, 1.807) is 24.3 Å². The highest BCUT2D eigenvalue weighted by Crippen LogP contribution is 2.39. The molecule has 184 valence electrons. The number of anilines is 2. The van der Waals surface area contributed by atoms with Crippen molar-refractivity contribution in [2.75, 3.05) is 10.2 Å². The standard InChI is InChI=1S/C31H26N2O3S/c1-3-22-9-7-8-12-27(22)32-28-29(37-26-19-13-21(2)14-20-26)31(35)33(30(28)34)23-15-17-25(18-16-23)36-24-10-5-4-6-11-24/h4-20,32H,3H2,1-2H3. The van der Waals surface area contributed by atoms with Crippen LogP contribution < -0.4 is 15.0 Å². The Bertz CT molecular complexity index is 1460. The summed E-state index contributed by atoms with van der Waals surface area (Å²) in [6.45, 7) is 4.07. The van der Waals surface area contributed by atoms with Crippen LogP contribution in [-0.2, 0) is 16.0 Å². The van der Waals surface area contributed by atoms with Gasteiger partial charge in [-0.3, -0.25) is 9.59 Å². The van der Waals surface area contributed by atoms with Gasteiger partial charge in [0.15, 0.2) is 0 Å². The number of thioether (sulfide) groups is 1. The van der Waals surface area contributed by atoms with Gasteiger partial charge in [0.05, 0.1) is 5.69 Å². The lowest BCUT2D eigenvalue weighted by Crippen LogP contribution is -2.32. The molecule has 0 fully saturated rings. The summed E-state index contributed by atoms with van der Waals surface area (Å²) >= 11 is 1.30. The van der Waals surface area contributed by atoms with Gasteiger partial charge in [0.1, 0.15) is 22.1 Å². The number of amides is 2. The molecule has 1 aliphatic rings. The van der Waals surface area contributed by atoms with Crippen LogP contribution in [0, 0.1) is 6.92 Å². The number of nitrogens with one attached hydrogen (secondary N) is 1. The summed E-state index contributed by atoms with van der Waals surface area (Å²) in [6.07, 6.45) is 0.797. The lowest BCUT2D eigenvalue weighted by atomic mass is 10.1. The van der Waals surface area contributed by atoms with Crippen molar-refractivity contribution < 1.29 is 14.3 Å². The van der Waals surface area contributed by atoms with Crippen LogP contribution in [0.1, 0.15) is 18.1 Å². The van der Waals surface area contributed by atoms with E-state index in [0.717, 1.165) is 28.1 Å². The molecule has 0 unspecified atom stereocenters. The van der Waals surface area contributed by atoms with Gasteiger partial charge in [-0.05, 0) is 73.5 Å². The molecular formula is C31H26N2O3S. The van der Waals surface area contributed by atoms with Gasteiger partial charge in [-0.1, -0.05) is 72.8 Å². The summed E-state index contributed by atoms with van der Waals surface area (Å²) in [5, 5.41) is 3.29. The topological polar surface area (TPSA) is 58.6 Å². The maximum absolute atomic E-state index is 13.7. The van der Waals surface area contributed by atoms with Gasteiger partial charge < -0.3 is 10.1 Å². The highest BCUT2D eigenvalue weighted by molar-refractivity contribution is 8.04. The molecule has 0 atom stereocenters. The Balaban J connectivity index is 1.46. The first-order chi connectivity index (χ1) is 18.0. The Hall–Kier alpha value is -4.29. The predicted molar refractivity (Wildman–Crippen MR) is 149 cm³/mol. The first-order valence-corrected chi connectivity index (χ1v) is 12.9. The highest BCUT2D eigenvalue weighted by Gasteiger charge is 2.40. The number of hydrogen-bond donors (Lipinski definition) is 1. The molecule has 5 rings (SSSR count). The number of carbonyl (C=O) groups excluding carboxylic acids is 2. The van der Waals surface area contributed by atoms with E-state index in [1.807, 2.05) is 85.8 Å². The molecular weight excluding hydrogens is 480 g/mol. The lowest BCUT2D eigenvalue weighted by molar-refractivity contribution is -0.120. The Kier molecular flexibility index (Phi) is 7.10. The SMILES string of the molecule is CCc1ccccc1NC1=C(Sc2ccc(C)cc2)C(=O)N(c2ccc(Oc3ccccc3)cc2)C1=O. The monoisotopic (exact) mass is 506 g/mol. The molecule has 4 aromatic carbocycles. The maximum Gasteiger partial charge on any atom is 0.283 e. The molecule has 2 amide bonds. The van der Waals surface area contributed by atoms with Crippen molar-refractivity contribution in [2.24, 2.45) is 0 Å². The van der Waals surface area contributed by atoms with E-state index in [1.165, 1.54) is 16.7 Å². The molecule has 0 saturated carbocycles. The van der Waals surface area contributed by atoms with Gasteiger partial charge >= 0.3 is 0 Å². The first-order valence-electron chi connectivity index (χ1n) is 12.1. The summed E-state index contributed by atoms with van der Waals surface area (Å²) in [4.78, 5) is 29.8. The van der Waals surface area contributed by atoms with E-state index in [-0.39, 0.29) is 17.5 Å². The summed E-state index contributed by atoms with van der Waals surface area (Å²) in [5.41, 5.74) is 3.77. The fourth-order valence-corrected chi connectivity index (χ4v) is 4.97. The quantitative estimate of drug-likeness (QED) is 0.253. The van der Waals surface area contributed by atoms with Crippen LogP contribution in [0.5, 0.6) is 11.5 Å². The number of carbonyl (C=O) groups is 2. The van der Waals surface area contributed by atoms with Gasteiger partial charge in [-0.2, -0.15) is 0 Å². The minimum absolute atomic E-state index is 0.279. The number of rotatable bonds is 8. The molecule has 1 N–H and O–H groups in total. The van der Waals surface area contributed by atoms with Crippen molar-refractivity contribution in [3.8, 4) is 11.5 Å². The van der Waals surface area contributed by atoms with Gasteiger partial charge in [0, 0.05) is 10.6 Å². The second kappa shape index (κ2) is 10.8. The lowest BCUT2D eigenvalue weighted by Gasteiger charge is -2.16. The first kappa shape index (κ1) is 24.4. The van der Waals surface area contributed by atoms with Crippen LogP contribution in [-0.4, -0.2) is 11.8 Å². The van der Waals surface area contributed by atoms with Gasteiger partial charge in [-0.15, -0.1) is 0 Å². The zero-order valence-corrected chi connectivity index (χ0v) is 21.4. The average Bonchev–Trinajstić information content (AvgIpc) is 3.15.